The molecule has 1 aromatic rings. The summed E-state index contributed by atoms with van der Waals surface area (Å²) in [6, 6.07) is 4.51. The summed E-state index contributed by atoms with van der Waals surface area (Å²) in [5, 5.41) is 13.7. The Balaban J connectivity index is 2.07. The molecule has 0 unspecified atom stereocenters. The van der Waals surface area contributed by atoms with E-state index in [1.54, 1.807) is 6.07 Å². The van der Waals surface area contributed by atoms with Gasteiger partial charge >= 0.3 is 0 Å². The number of nitrogens with zero attached hydrogens (tertiary/aromatic N) is 1. The molecule has 1 aromatic carbocycles. The van der Waals surface area contributed by atoms with Crippen LogP contribution in [0.1, 0.15) is 12.8 Å². The van der Waals surface area contributed by atoms with Gasteiger partial charge in [-0.1, -0.05) is 0 Å². The minimum Gasteiger partial charge on any atom is -0.397 e. The Morgan fingerprint density at radius 3 is 2.80 bits per heavy atom. The van der Waals surface area contributed by atoms with E-state index in [0.29, 0.717) is 5.69 Å². The summed E-state index contributed by atoms with van der Waals surface area (Å²) in [7, 11) is 0. The van der Waals surface area contributed by atoms with Gasteiger partial charge in [-0.2, -0.15) is 0 Å². The summed E-state index contributed by atoms with van der Waals surface area (Å²) in [6.07, 6.45) is 2.53. The lowest BCUT2D eigenvalue weighted by atomic mass is 10.2. The Hall–Kier alpha value is -1.78. The highest BCUT2D eigenvalue weighted by Crippen LogP contribution is 2.30. The van der Waals surface area contributed by atoms with Crippen molar-refractivity contribution in [3.63, 3.8) is 0 Å². The molecule has 5 nitrogen and oxygen atoms in total. The Morgan fingerprint density at radius 2 is 2.27 bits per heavy atom. The summed E-state index contributed by atoms with van der Waals surface area (Å²) < 4.78 is 0. The molecule has 0 bridgehead atoms. The molecule has 3 N–H and O–H groups in total. The first-order valence-electron chi connectivity index (χ1n) is 4.94. The molecule has 80 valence electrons. The molecule has 0 aromatic heterocycles. The highest BCUT2D eigenvalue weighted by atomic mass is 16.6. The molecule has 0 spiro atoms. The summed E-state index contributed by atoms with van der Waals surface area (Å²) in [4.78, 5) is 10.0. The Kier molecular flexibility index (Phi) is 2.45. The maximum atomic E-state index is 10.5. The second-order valence-corrected chi connectivity index (χ2v) is 3.85. The number of nitrogen functional groups attached to an aromatic ring is 1. The summed E-state index contributed by atoms with van der Waals surface area (Å²) >= 11 is 0. The van der Waals surface area contributed by atoms with Gasteiger partial charge in [0.2, 0.25) is 0 Å². The number of rotatable bonds is 4. The number of nitrogens with one attached hydrogen (secondary N) is 1. The van der Waals surface area contributed by atoms with E-state index < -0.39 is 4.92 Å². The maximum absolute atomic E-state index is 10.5. The van der Waals surface area contributed by atoms with Crippen LogP contribution in [0.3, 0.4) is 0 Å². The largest absolute Gasteiger partial charge is 0.397 e. The molecule has 0 amide bonds. The van der Waals surface area contributed by atoms with Crippen molar-refractivity contribution in [2.24, 2.45) is 5.92 Å². The van der Waals surface area contributed by atoms with Crippen molar-refractivity contribution in [1.82, 2.24) is 0 Å². The molecule has 0 aliphatic heterocycles. The number of nitro groups is 1. The molecule has 5 heteroatoms. The second kappa shape index (κ2) is 3.76. The quantitative estimate of drug-likeness (QED) is 0.449. The third-order valence-corrected chi connectivity index (χ3v) is 2.52. The lowest BCUT2D eigenvalue weighted by Gasteiger charge is -2.07. The molecule has 0 radical (unpaired) electrons. The lowest BCUT2D eigenvalue weighted by Crippen LogP contribution is -2.05. The van der Waals surface area contributed by atoms with Gasteiger partial charge in [-0.25, -0.2) is 0 Å². The summed E-state index contributed by atoms with van der Waals surface area (Å²) in [5.74, 6) is 0.750. The number of benzene rings is 1. The van der Waals surface area contributed by atoms with Crippen LogP contribution in [0.4, 0.5) is 17.1 Å². The van der Waals surface area contributed by atoms with Gasteiger partial charge in [0, 0.05) is 18.7 Å². The van der Waals surface area contributed by atoms with Crippen LogP contribution < -0.4 is 11.1 Å². The monoisotopic (exact) mass is 207 g/mol. The number of anilines is 2. The topological polar surface area (TPSA) is 81.2 Å². The zero-order valence-corrected chi connectivity index (χ0v) is 8.27. The number of hydrogen-bond acceptors (Lipinski definition) is 4. The number of hydrogen-bond donors (Lipinski definition) is 2. The standard InChI is InChI=1S/C10H13N3O2/c11-9-5-8(13(14)15)3-4-10(9)12-6-7-1-2-7/h3-5,7,12H,1-2,6,11H2. The van der Waals surface area contributed by atoms with E-state index in [1.807, 2.05) is 0 Å². The van der Waals surface area contributed by atoms with E-state index in [2.05, 4.69) is 5.32 Å². The van der Waals surface area contributed by atoms with Gasteiger partial charge in [-0.05, 0) is 24.8 Å². The fourth-order valence-corrected chi connectivity index (χ4v) is 1.40. The molecule has 0 atom stereocenters. The van der Waals surface area contributed by atoms with Gasteiger partial charge in [0.15, 0.2) is 0 Å². The molecule has 1 aliphatic carbocycles. The van der Waals surface area contributed by atoms with Crippen molar-refractivity contribution < 1.29 is 4.92 Å². The fraction of sp³-hybridized carbons (Fsp3) is 0.400. The molecular weight excluding hydrogens is 194 g/mol. The van der Waals surface area contributed by atoms with Gasteiger partial charge in [0.1, 0.15) is 0 Å². The molecular formula is C10H13N3O2. The second-order valence-electron chi connectivity index (χ2n) is 3.85. The van der Waals surface area contributed by atoms with Crippen molar-refractivity contribution in [1.29, 1.82) is 0 Å². The van der Waals surface area contributed by atoms with Gasteiger partial charge in [0.05, 0.1) is 16.3 Å². The number of non-ortho nitro benzene ring substituents is 1. The van der Waals surface area contributed by atoms with Gasteiger partial charge in [0.25, 0.3) is 5.69 Å². The maximum Gasteiger partial charge on any atom is 0.271 e. The van der Waals surface area contributed by atoms with E-state index in [9.17, 15) is 10.1 Å². The Morgan fingerprint density at radius 1 is 1.53 bits per heavy atom. The predicted molar refractivity (Wildman–Crippen MR) is 58.7 cm³/mol. The third-order valence-electron chi connectivity index (χ3n) is 2.52. The lowest BCUT2D eigenvalue weighted by molar-refractivity contribution is -0.384. The van der Waals surface area contributed by atoms with Crippen LogP contribution in [0.5, 0.6) is 0 Å². The van der Waals surface area contributed by atoms with Crippen molar-refractivity contribution in [2.45, 2.75) is 12.8 Å². The van der Waals surface area contributed by atoms with Gasteiger partial charge in [-0.15, -0.1) is 0 Å². The SMILES string of the molecule is Nc1cc([N+](=O)[O-])ccc1NCC1CC1. The molecule has 1 saturated carbocycles. The van der Waals surface area contributed by atoms with Crippen LogP contribution in [-0.2, 0) is 0 Å². The van der Waals surface area contributed by atoms with E-state index in [1.165, 1.54) is 25.0 Å². The molecule has 0 heterocycles. The van der Waals surface area contributed by atoms with Crippen molar-refractivity contribution >= 4 is 17.1 Å². The first-order valence-corrected chi connectivity index (χ1v) is 4.94. The van der Waals surface area contributed by atoms with E-state index in [4.69, 9.17) is 5.73 Å². The molecule has 2 rings (SSSR count). The molecule has 15 heavy (non-hydrogen) atoms. The molecule has 0 saturated heterocycles. The van der Waals surface area contributed by atoms with Crippen molar-refractivity contribution in [3.05, 3.63) is 28.3 Å². The van der Waals surface area contributed by atoms with Gasteiger partial charge < -0.3 is 11.1 Å². The van der Waals surface area contributed by atoms with Crippen LogP contribution in [0.15, 0.2) is 18.2 Å². The van der Waals surface area contributed by atoms with E-state index in [-0.39, 0.29) is 5.69 Å². The summed E-state index contributed by atoms with van der Waals surface area (Å²) in [6.45, 7) is 0.905. The van der Waals surface area contributed by atoms with Crippen molar-refractivity contribution in [2.75, 3.05) is 17.6 Å². The molecule has 1 aliphatic rings. The predicted octanol–water partition coefficient (Wildman–Crippen LogP) is 2.00. The number of nitrogens with two attached hydrogens (primary N) is 1. The summed E-state index contributed by atoms with van der Waals surface area (Å²) in [5.41, 5.74) is 6.95. The zero-order valence-electron chi connectivity index (χ0n) is 8.27. The van der Waals surface area contributed by atoms with Crippen LogP contribution in [0.2, 0.25) is 0 Å². The average molecular weight is 207 g/mol. The highest BCUT2D eigenvalue weighted by molar-refractivity contribution is 5.69. The smallest absolute Gasteiger partial charge is 0.271 e. The van der Waals surface area contributed by atoms with Crippen LogP contribution in [-0.4, -0.2) is 11.5 Å². The minimum atomic E-state index is -0.443. The van der Waals surface area contributed by atoms with Crippen LogP contribution in [0, 0.1) is 16.0 Å². The van der Waals surface area contributed by atoms with Crippen molar-refractivity contribution in [3.8, 4) is 0 Å². The minimum absolute atomic E-state index is 0.0319. The first kappa shape index (κ1) is 9.76. The third kappa shape index (κ3) is 2.37. The number of nitro benzene ring substituents is 1. The van der Waals surface area contributed by atoms with E-state index >= 15 is 0 Å². The normalized spacial score (nSPS) is 14.9. The first-order chi connectivity index (χ1) is 7.16. The van der Waals surface area contributed by atoms with Crippen LogP contribution >= 0.6 is 0 Å². The van der Waals surface area contributed by atoms with Crippen LogP contribution in [0.25, 0.3) is 0 Å². The van der Waals surface area contributed by atoms with E-state index in [0.717, 1.165) is 18.2 Å². The van der Waals surface area contributed by atoms with Gasteiger partial charge in [-0.3, -0.25) is 10.1 Å². The molecule has 1 fully saturated rings. The average Bonchev–Trinajstić information content (AvgIpc) is 2.99. The Bertz CT molecular complexity index is 388. The fourth-order valence-electron chi connectivity index (χ4n) is 1.40. The highest BCUT2D eigenvalue weighted by Gasteiger charge is 2.21. The Labute approximate surface area is 87.4 Å². The zero-order chi connectivity index (χ0) is 10.8.